The van der Waals surface area contributed by atoms with Crippen molar-refractivity contribution in [3.63, 3.8) is 0 Å². The van der Waals surface area contributed by atoms with E-state index in [0.717, 1.165) is 6.42 Å². The summed E-state index contributed by atoms with van der Waals surface area (Å²) < 4.78 is 0. The third-order valence-corrected chi connectivity index (χ3v) is 1.37. The van der Waals surface area contributed by atoms with Crippen LogP contribution in [0.15, 0.2) is 0 Å². The van der Waals surface area contributed by atoms with Crippen molar-refractivity contribution in [2.45, 2.75) is 32.7 Å². The Kier molecular flexibility index (Phi) is 4.26. The van der Waals surface area contributed by atoms with Gasteiger partial charge in [-0.15, -0.1) is 0 Å². The molecule has 11 heavy (non-hydrogen) atoms. The maximum atomic E-state index is 10.9. The van der Waals surface area contributed by atoms with Crippen LogP contribution >= 0.6 is 0 Å². The van der Waals surface area contributed by atoms with Crippen LogP contribution in [0.4, 0.5) is 0 Å². The molecule has 0 heterocycles. The van der Waals surface area contributed by atoms with Crippen molar-refractivity contribution in [3.05, 3.63) is 0 Å². The van der Waals surface area contributed by atoms with E-state index in [2.05, 4.69) is 5.32 Å². The van der Waals surface area contributed by atoms with Gasteiger partial charge in [-0.1, -0.05) is 6.92 Å². The summed E-state index contributed by atoms with van der Waals surface area (Å²) in [5.74, 6) is -0.266. The summed E-state index contributed by atoms with van der Waals surface area (Å²) in [6.45, 7) is 3.90. The summed E-state index contributed by atoms with van der Waals surface area (Å²) >= 11 is 0. The van der Waals surface area contributed by atoms with Crippen LogP contribution in [-0.4, -0.2) is 17.8 Å². The van der Waals surface area contributed by atoms with Crippen molar-refractivity contribution in [2.24, 2.45) is 5.73 Å². The second kappa shape index (κ2) is 4.71. The van der Waals surface area contributed by atoms with E-state index in [1.165, 1.54) is 0 Å². The van der Waals surface area contributed by atoms with Gasteiger partial charge in [0, 0.05) is 6.04 Å². The molecule has 4 N–H and O–H groups in total. The van der Waals surface area contributed by atoms with Gasteiger partial charge >= 0.3 is 0 Å². The summed E-state index contributed by atoms with van der Waals surface area (Å²) in [5.41, 5.74) is 5.03. The maximum Gasteiger partial charge on any atom is 0.227 e. The molecule has 0 saturated heterocycles. The number of hydrogen-bond acceptors (Lipinski definition) is 2. The molecule has 0 unspecified atom stereocenters. The molecule has 0 aromatic carbocycles. The van der Waals surface area contributed by atoms with E-state index >= 15 is 0 Å². The van der Waals surface area contributed by atoms with E-state index in [1.807, 2.05) is 13.8 Å². The number of carbonyl (C=O) groups is 1. The number of amidine groups is 1. The van der Waals surface area contributed by atoms with Crippen LogP contribution in [0.25, 0.3) is 0 Å². The second-order valence-electron chi connectivity index (χ2n) is 2.58. The maximum absolute atomic E-state index is 10.9. The Labute approximate surface area is 66.7 Å². The quantitative estimate of drug-likeness (QED) is 0.403. The Bertz CT molecular complexity index is 156. The highest BCUT2D eigenvalue weighted by atomic mass is 16.1. The van der Waals surface area contributed by atoms with Gasteiger partial charge in [-0.2, -0.15) is 0 Å². The highest BCUT2D eigenvalue weighted by molar-refractivity contribution is 5.97. The van der Waals surface area contributed by atoms with E-state index in [1.54, 1.807) is 0 Å². The Hall–Kier alpha value is -1.06. The first-order chi connectivity index (χ1) is 5.06. The zero-order chi connectivity index (χ0) is 8.85. The zero-order valence-corrected chi connectivity index (χ0v) is 6.98. The van der Waals surface area contributed by atoms with Gasteiger partial charge < -0.3 is 11.1 Å². The molecular formula is C7H15N3O. The van der Waals surface area contributed by atoms with Crippen molar-refractivity contribution in [3.8, 4) is 0 Å². The average molecular weight is 157 g/mol. The molecule has 0 aromatic heterocycles. The van der Waals surface area contributed by atoms with Crippen LogP contribution < -0.4 is 11.1 Å². The number of hydrogen-bond donors (Lipinski definition) is 3. The molecule has 0 fully saturated rings. The summed E-state index contributed by atoms with van der Waals surface area (Å²) in [6, 6.07) is 0.168. The highest BCUT2D eigenvalue weighted by Gasteiger charge is 2.05. The first-order valence-electron chi connectivity index (χ1n) is 3.68. The third kappa shape index (κ3) is 5.39. The van der Waals surface area contributed by atoms with E-state index < -0.39 is 0 Å². The Balaban J connectivity index is 3.60. The third-order valence-electron chi connectivity index (χ3n) is 1.37. The largest absolute Gasteiger partial charge is 0.387 e. The molecule has 0 aliphatic carbocycles. The zero-order valence-electron chi connectivity index (χ0n) is 6.98. The van der Waals surface area contributed by atoms with Crippen LogP contribution in [0.2, 0.25) is 0 Å². The van der Waals surface area contributed by atoms with Gasteiger partial charge in [0.1, 0.15) is 0 Å². The van der Waals surface area contributed by atoms with Crippen molar-refractivity contribution in [1.29, 1.82) is 5.41 Å². The fourth-order valence-corrected chi connectivity index (χ4v) is 0.601. The molecule has 4 nitrogen and oxygen atoms in total. The number of rotatable bonds is 4. The molecule has 0 saturated carbocycles. The lowest BCUT2D eigenvalue weighted by atomic mass is 10.2. The van der Waals surface area contributed by atoms with Crippen molar-refractivity contribution in [2.75, 3.05) is 0 Å². The molecule has 0 rings (SSSR count). The average Bonchev–Trinajstić information content (AvgIpc) is 1.85. The minimum absolute atomic E-state index is 0.00431. The van der Waals surface area contributed by atoms with E-state index in [0.29, 0.717) is 0 Å². The van der Waals surface area contributed by atoms with Gasteiger partial charge in [-0.05, 0) is 13.3 Å². The van der Waals surface area contributed by atoms with Crippen LogP contribution in [0.1, 0.15) is 26.7 Å². The predicted molar refractivity (Wildman–Crippen MR) is 44.4 cm³/mol. The molecule has 0 bridgehead atoms. The second-order valence-corrected chi connectivity index (χ2v) is 2.58. The van der Waals surface area contributed by atoms with E-state index in [-0.39, 0.29) is 24.2 Å². The summed E-state index contributed by atoms with van der Waals surface area (Å²) in [7, 11) is 0. The van der Waals surface area contributed by atoms with Crippen LogP contribution in [0.3, 0.4) is 0 Å². The molecule has 0 aliphatic heterocycles. The van der Waals surface area contributed by atoms with Crippen LogP contribution in [-0.2, 0) is 4.79 Å². The van der Waals surface area contributed by atoms with Crippen LogP contribution in [0.5, 0.6) is 0 Å². The molecule has 0 radical (unpaired) electrons. The van der Waals surface area contributed by atoms with Gasteiger partial charge in [-0.25, -0.2) is 0 Å². The summed E-state index contributed by atoms with van der Waals surface area (Å²) in [4.78, 5) is 10.9. The topological polar surface area (TPSA) is 79.0 Å². The lowest BCUT2D eigenvalue weighted by Gasteiger charge is -2.10. The monoisotopic (exact) mass is 157 g/mol. The van der Waals surface area contributed by atoms with Gasteiger partial charge in [0.05, 0.1) is 12.3 Å². The lowest BCUT2D eigenvalue weighted by molar-refractivity contribution is -0.120. The first kappa shape index (κ1) is 9.94. The summed E-state index contributed by atoms with van der Waals surface area (Å²) in [6.07, 6.45) is 0.897. The minimum atomic E-state index is -0.174. The van der Waals surface area contributed by atoms with Gasteiger partial charge in [0.2, 0.25) is 5.91 Å². The molecule has 4 heteroatoms. The molecule has 0 aliphatic rings. The first-order valence-corrected chi connectivity index (χ1v) is 3.68. The molecule has 0 spiro atoms. The van der Waals surface area contributed by atoms with E-state index in [9.17, 15) is 4.79 Å². The number of amides is 1. The van der Waals surface area contributed by atoms with Crippen LogP contribution in [0, 0.1) is 5.41 Å². The van der Waals surface area contributed by atoms with Crippen molar-refractivity contribution >= 4 is 11.7 Å². The normalized spacial score (nSPS) is 12.2. The Morgan fingerprint density at radius 3 is 2.64 bits per heavy atom. The lowest BCUT2D eigenvalue weighted by Crippen LogP contribution is -2.34. The summed E-state index contributed by atoms with van der Waals surface area (Å²) in [5, 5.41) is 9.54. The SMILES string of the molecule is CC[C@@H](C)NC(=O)CC(=N)N. The van der Waals surface area contributed by atoms with Gasteiger partial charge in [0.25, 0.3) is 0 Å². The fraction of sp³-hybridized carbons (Fsp3) is 0.714. The van der Waals surface area contributed by atoms with Gasteiger partial charge in [-0.3, -0.25) is 10.2 Å². The number of nitrogens with two attached hydrogens (primary N) is 1. The molecular weight excluding hydrogens is 142 g/mol. The smallest absolute Gasteiger partial charge is 0.227 e. The molecule has 64 valence electrons. The number of carbonyl (C=O) groups excluding carboxylic acids is 1. The van der Waals surface area contributed by atoms with Crippen molar-refractivity contribution < 1.29 is 4.79 Å². The minimum Gasteiger partial charge on any atom is -0.387 e. The highest BCUT2D eigenvalue weighted by Crippen LogP contribution is 1.88. The van der Waals surface area contributed by atoms with E-state index in [4.69, 9.17) is 11.1 Å². The molecule has 1 amide bonds. The Morgan fingerprint density at radius 2 is 2.27 bits per heavy atom. The standard InChI is InChI=1S/C7H15N3O/c1-3-5(2)10-7(11)4-6(8)9/h5H,3-4H2,1-2H3,(H3,8,9)(H,10,11)/t5-/m1/s1. The molecule has 0 aromatic rings. The predicted octanol–water partition coefficient (Wildman–Crippen LogP) is 0.227. The van der Waals surface area contributed by atoms with Crippen molar-refractivity contribution in [1.82, 2.24) is 5.32 Å². The number of nitrogens with one attached hydrogen (secondary N) is 2. The Morgan fingerprint density at radius 1 is 1.73 bits per heavy atom. The van der Waals surface area contributed by atoms with Gasteiger partial charge in [0.15, 0.2) is 0 Å². The fourth-order valence-electron chi connectivity index (χ4n) is 0.601. The molecule has 1 atom stereocenters.